The molecular formula is C52H49F3N12O3. The van der Waals surface area contributed by atoms with E-state index in [2.05, 4.69) is 34.9 Å². The van der Waals surface area contributed by atoms with Crippen LogP contribution in [0.1, 0.15) is 17.2 Å². The second-order valence-corrected chi connectivity index (χ2v) is 16.7. The number of carbonyl (C=O) groups is 2. The molecule has 18 heteroatoms. The number of benzene rings is 4. The highest BCUT2D eigenvalue weighted by molar-refractivity contribution is 5.80. The van der Waals surface area contributed by atoms with Crippen LogP contribution < -0.4 is 14.5 Å². The first-order valence-corrected chi connectivity index (χ1v) is 22.8. The molecule has 0 radical (unpaired) electrons. The van der Waals surface area contributed by atoms with Gasteiger partial charge in [-0.3, -0.25) is 9.59 Å². The summed E-state index contributed by atoms with van der Waals surface area (Å²) in [7, 11) is 1.56. The third-order valence-corrected chi connectivity index (χ3v) is 12.2. The van der Waals surface area contributed by atoms with Crippen LogP contribution in [-0.2, 0) is 22.4 Å². The van der Waals surface area contributed by atoms with Gasteiger partial charge in [0, 0.05) is 99.5 Å². The summed E-state index contributed by atoms with van der Waals surface area (Å²) in [5.41, 5.74) is 5.68. The van der Waals surface area contributed by atoms with E-state index < -0.39 is 0 Å². The van der Waals surface area contributed by atoms with E-state index in [-0.39, 0.29) is 42.1 Å². The zero-order valence-electron chi connectivity index (χ0n) is 38.6. The number of hydrogen-bond acceptors (Lipinski definition) is 11. The number of amides is 2. The molecule has 0 spiro atoms. The molecular weight excluding hydrogens is 898 g/mol. The van der Waals surface area contributed by atoms with E-state index in [1.54, 1.807) is 71.4 Å². The van der Waals surface area contributed by atoms with Gasteiger partial charge < -0.3 is 33.5 Å². The number of nitrogens with zero attached hydrogens (tertiary/aromatic N) is 12. The Kier molecular flexibility index (Phi) is 14.2. The molecule has 6 heterocycles. The molecule has 8 aromatic rings. The molecule has 356 valence electrons. The quantitative estimate of drug-likeness (QED) is 0.130. The molecule has 2 amide bonds. The van der Waals surface area contributed by atoms with Crippen molar-refractivity contribution < 1.29 is 27.5 Å². The Balaban J connectivity index is 0.000000174. The molecule has 15 nitrogen and oxygen atoms in total. The minimum atomic E-state index is -0.352. The van der Waals surface area contributed by atoms with Gasteiger partial charge in [-0.2, -0.15) is 5.10 Å². The van der Waals surface area contributed by atoms with Crippen molar-refractivity contribution in [3.63, 3.8) is 0 Å². The number of rotatable bonds is 11. The summed E-state index contributed by atoms with van der Waals surface area (Å²) >= 11 is 0. The molecule has 4 aromatic heterocycles. The largest absolute Gasteiger partial charge is 0.481 e. The smallest absolute Gasteiger partial charge is 0.230 e. The fourth-order valence-corrected chi connectivity index (χ4v) is 8.30. The summed E-state index contributed by atoms with van der Waals surface area (Å²) in [5.74, 6) is 2.18. The van der Waals surface area contributed by atoms with Gasteiger partial charge in [-0.15, -0.1) is 5.10 Å². The lowest BCUT2D eigenvalue weighted by molar-refractivity contribution is -0.131. The second kappa shape index (κ2) is 21.3. The van der Waals surface area contributed by atoms with Crippen molar-refractivity contribution >= 4 is 23.5 Å². The number of ether oxygens (including phenoxy) is 1. The zero-order valence-corrected chi connectivity index (χ0v) is 38.6. The van der Waals surface area contributed by atoms with Crippen molar-refractivity contribution in [3.8, 4) is 39.8 Å². The van der Waals surface area contributed by atoms with Crippen LogP contribution in [0, 0.1) is 24.4 Å². The fourth-order valence-electron chi connectivity index (χ4n) is 8.30. The number of imidazole rings is 2. The number of carbonyl (C=O) groups excluding carboxylic acids is 2. The summed E-state index contributed by atoms with van der Waals surface area (Å²) < 4.78 is 49.3. The number of piperazine rings is 2. The van der Waals surface area contributed by atoms with Gasteiger partial charge in [-0.25, -0.2) is 33.1 Å². The molecule has 70 heavy (non-hydrogen) atoms. The van der Waals surface area contributed by atoms with E-state index in [9.17, 15) is 22.8 Å². The van der Waals surface area contributed by atoms with Crippen LogP contribution >= 0.6 is 0 Å². The maximum absolute atomic E-state index is 13.5. The number of halogens is 3. The Bertz CT molecular complexity index is 3030. The van der Waals surface area contributed by atoms with Gasteiger partial charge in [0.2, 0.25) is 17.7 Å². The molecule has 2 aliphatic rings. The lowest BCUT2D eigenvalue weighted by Crippen LogP contribution is -2.49. The first-order chi connectivity index (χ1) is 34.1. The lowest BCUT2D eigenvalue weighted by Gasteiger charge is -2.35. The maximum Gasteiger partial charge on any atom is 0.230 e. The molecule has 2 saturated heterocycles. The van der Waals surface area contributed by atoms with Gasteiger partial charge in [0.25, 0.3) is 0 Å². The number of anilines is 2. The van der Waals surface area contributed by atoms with Gasteiger partial charge in [-0.1, -0.05) is 29.8 Å². The number of aryl methyl sites for hydroxylation is 1. The monoisotopic (exact) mass is 946 g/mol. The van der Waals surface area contributed by atoms with E-state index in [0.29, 0.717) is 81.3 Å². The minimum Gasteiger partial charge on any atom is -0.481 e. The molecule has 4 aromatic carbocycles. The van der Waals surface area contributed by atoms with Crippen molar-refractivity contribution in [3.05, 3.63) is 175 Å². The predicted octanol–water partition coefficient (Wildman–Crippen LogP) is 7.18. The second-order valence-electron chi connectivity index (χ2n) is 16.7. The van der Waals surface area contributed by atoms with E-state index >= 15 is 0 Å². The number of aromatic nitrogens is 8. The van der Waals surface area contributed by atoms with Crippen LogP contribution in [-0.4, -0.2) is 120 Å². The minimum absolute atomic E-state index is 0.0169. The first-order valence-electron chi connectivity index (χ1n) is 22.8. The van der Waals surface area contributed by atoms with Crippen LogP contribution in [0.2, 0.25) is 0 Å². The first kappa shape index (κ1) is 46.7. The van der Waals surface area contributed by atoms with Crippen molar-refractivity contribution in [1.29, 1.82) is 0 Å². The van der Waals surface area contributed by atoms with Crippen LogP contribution in [0.4, 0.5) is 24.8 Å². The average molecular weight is 947 g/mol. The van der Waals surface area contributed by atoms with Crippen molar-refractivity contribution in [2.75, 3.05) is 69.3 Å². The van der Waals surface area contributed by atoms with Crippen LogP contribution in [0.15, 0.2) is 140 Å². The maximum atomic E-state index is 13.5. The van der Waals surface area contributed by atoms with Gasteiger partial charge >= 0.3 is 0 Å². The Morgan fingerprint density at radius 1 is 0.571 bits per heavy atom. The molecule has 0 N–H and O–H groups in total. The van der Waals surface area contributed by atoms with Gasteiger partial charge in [0.05, 0.1) is 31.3 Å². The summed E-state index contributed by atoms with van der Waals surface area (Å²) in [6, 6.07) is 31.9. The van der Waals surface area contributed by atoms with E-state index in [1.807, 2.05) is 59.0 Å². The number of hydrogen-bond donors (Lipinski definition) is 0. The van der Waals surface area contributed by atoms with Crippen LogP contribution in [0.25, 0.3) is 33.9 Å². The SMILES string of the molecule is COc1cc(N2CCN(C(=O)Cc3nc(-c4ccc(F)cc4)cn3-c3ccc(F)cc3)CC2)ncn1.Cc1ccc(-c2cn(-c3ccc(F)cc3)c(CC(=O)N3CCN(c4cccnn4)CC3)n2)cc1. The highest BCUT2D eigenvalue weighted by Crippen LogP contribution is 2.26. The summed E-state index contributed by atoms with van der Waals surface area (Å²) in [5, 5.41) is 8.10. The molecule has 0 bridgehead atoms. The highest BCUT2D eigenvalue weighted by Gasteiger charge is 2.26. The average Bonchev–Trinajstić information content (AvgIpc) is 4.02. The third kappa shape index (κ3) is 11.1. The molecule has 0 unspecified atom stereocenters. The van der Waals surface area contributed by atoms with Crippen LogP contribution in [0.3, 0.4) is 0 Å². The molecule has 10 rings (SSSR count). The summed E-state index contributed by atoms with van der Waals surface area (Å²) in [6.07, 6.45) is 7.03. The van der Waals surface area contributed by atoms with Crippen molar-refractivity contribution in [2.24, 2.45) is 0 Å². The Morgan fingerprint density at radius 3 is 1.49 bits per heavy atom. The summed E-state index contributed by atoms with van der Waals surface area (Å²) in [6.45, 7) is 6.97. The Morgan fingerprint density at radius 2 is 1.03 bits per heavy atom. The van der Waals surface area contributed by atoms with Gasteiger partial charge in [0.1, 0.15) is 41.2 Å². The molecule has 0 saturated carbocycles. The zero-order chi connectivity index (χ0) is 48.6. The number of methoxy groups -OCH3 is 1. The van der Waals surface area contributed by atoms with Crippen molar-refractivity contribution in [2.45, 2.75) is 19.8 Å². The van der Waals surface area contributed by atoms with Crippen molar-refractivity contribution in [1.82, 2.24) is 49.1 Å². The Hall–Kier alpha value is -8.41. The predicted molar refractivity (Wildman–Crippen MR) is 258 cm³/mol. The van der Waals surface area contributed by atoms with E-state index in [1.165, 1.54) is 42.7 Å². The van der Waals surface area contributed by atoms with E-state index in [0.717, 1.165) is 39.7 Å². The topological polar surface area (TPSA) is 144 Å². The van der Waals surface area contributed by atoms with Gasteiger partial charge in [-0.05, 0) is 91.9 Å². The fraction of sp³-hybridized carbons (Fsp3) is 0.231. The van der Waals surface area contributed by atoms with Gasteiger partial charge in [0.15, 0.2) is 5.82 Å². The molecule has 2 fully saturated rings. The summed E-state index contributed by atoms with van der Waals surface area (Å²) in [4.78, 5) is 52.1. The Labute approximate surface area is 402 Å². The molecule has 0 atom stereocenters. The normalized spacial score (nSPS) is 13.7. The molecule has 0 aliphatic carbocycles. The third-order valence-electron chi connectivity index (χ3n) is 12.2. The lowest BCUT2D eigenvalue weighted by atomic mass is 10.1. The van der Waals surface area contributed by atoms with E-state index in [4.69, 9.17) is 9.72 Å². The standard InChI is InChI=1S/C26H24F2N6O2.C26H25FN6O/c1-36-25-14-23(29-17-30-25)32-10-12-33(13-11-32)26(35)15-24-31-22(18-2-4-19(27)5-3-18)16-34(24)21-8-6-20(28)7-9-21;1-19-4-6-20(7-5-19)23-18-33(22-10-8-21(27)9-11-22)25(29-23)17-26(34)32-15-13-31(14-16-32)24-3-2-12-28-30-24/h2-9,14,16-17H,10-13,15H2,1H3;2-12,18H,13-17H2,1H3. The highest BCUT2D eigenvalue weighted by atomic mass is 19.1. The van der Waals surface area contributed by atoms with Crippen LogP contribution in [0.5, 0.6) is 5.88 Å². The molecule has 2 aliphatic heterocycles.